The van der Waals surface area contributed by atoms with Crippen LogP contribution < -0.4 is 10.3 Å². The summed E-state index contributed by atoms with van der Waals surface area (Å²) in [6.07, 6.45) is 0. The second-order valence-electron chi connectivity index (χ2n) is 5.68. The van der Waals surface area contributed by atoms with Gasteiger partial charge in [0.05, 0.1) is 12.3 Å². The summed E-state index contributed by atoms with van der Waals surface area (Å²) in [7, 11) is 0. The number of pyridine rings is 1. The molecule has 0 aliphatic heterocycles. The molecule has 0 amide bonds. The second-order valence-corrected chi connectivity index (χ2v) is 5.68. The van der Waals surface area contributed by atoms with E-state index < -0.39 is 5.56 Å². The van der Waals surface area contributed by atoms with Crippen molar-refractivity contribution >= 4 is 11.4 Å². The minimum Gasteiger partial charge on any atom is -0.494 e. The summed E-state index contributed by atoms with van der Waals surface area (Å²) < 4.78 is 6.49. The van der Waals surface area contributed by atoms with Gasteiger partial charge in [-0.25, -0.2) is 0 Å². The minimum atomic E-state index is -0.487. The van der Waals surface area contributed by atoms with Crippen molar-refractivity contribution in [3.05, 3.63) is 45.7 Å². The number of nitrogens with zero attached hydrogens (tertiary/aromatic N) is 4. The van der Waals surface area contributed by atoms with E-state index in [1.54, 1.807) is 45.0 Å². The number of hydrogen-bond acceptors (Lipinski definition) is 6. The molecule has 1 aromatic heterocycles. The van der Waals surface area contributed by atoms with Gasteiger partial charge in [0.1, 0.15) is 17.4 Å². The lowest BCUT2D eigenvalue weighted by molar-refractivity contribution is 0.340. The molecule has 130 valence electrons. The highest BCUT2D eigenvalue weighted by Crippen LogP contribution is 2.29. The molecule has 0 spiro atoms. The maximum atomic E-state index is 12.6. The molecule has 0 atom stereocenters. The molecular formula is C18H20N4O3. The second kappa shape index (κ2) is 7.62. The van der Waals surface area contributed by atoms with Crippen LogP contribution in [0.25, 0.3) is 0 Å². The standard InChI is InChI=1S/C18H20N4O3/c1-5-25-14-8-6-13(7-9-14)20-21-16-12(4)15(10-19)17(23)22(11(2)3)18(16)24/h6-9,11,23H,5H2,1-4H3. The van der Waals surface area contributed by atoms with Crippen LogP contribution in [-0.2, 0) is 0 Å². The van der Waals surface area contributed by atoms with Crippen LogP contribution in [0.3, 0.4) is 0 Å². The van der Waals surface area contributed by atoms with Crippen LogP contribution in [-0.4, -0.2) is 16.3 Å². The van der Waals surface area contributed by atoms with Crippen molar-refractivity contribution in [2.75, 3.05) is 6.61 Å². The van der Waals surface area contributed by atoms with Crippen LogP contribution in [0.5, 0.6) is 11.6 Å². The van der Waals surface area contributed by atoms with Crippen LogP contribution in [0.15, 0.2) is 39.3 Å². The minimum absolute atomic E-state index is 0.0222. The van der Waals surface area contributed by atoms with Crippen LogP contribution in [0.1, 0.15) is 37.9 Å². The van der Waals surface area contributed by atoms with Crippen molar-refractivity contribution in [1.29, 1.82) is 5.26 Å². The van der Waals surface area contributed by atoms with Crippen LogP contribution >= 0.6 is 0 Å². The first-order valence-electron chi connectivity index (χ1n) is 7.93. The van der Waals surface area contributed by atoms with E-state index in [0.717, 1.165) is 10.3 Å². The molecule has 2 rings (SSSR count). The molecule has 0 saturated heterocycles. The zero-order valence-electron chi connectivity index (χ0n) is 14.6. The number of aromatic hydroxyl groups is 1. The highest BCUT2D eigenvalue weighted by Gasteiger charge is 2.20. The molecule has 0 aliphatic carbocycles. The molecule has 0 saturated carbocycles. The monoisotopic (exact) mass is 340 g/mol. The molecule has 0 bridgehead atoms. The Bertz CT molecular complexity index is 891. The summed E-state index contributed by atoms with van der Waals surface area (Å²) in [5.41, 5.74) is 0.422. The van der Waals surface area contributed by atoms with E-state index in [1.165, 1.54) is 0 Å². The first-order chi connectivity index (χ1) is 11.9. The fourth-order valence-electron chi connectivity index (χ4n) is 2.39. The van der Waals surface area contributed by atoms with Crippen molar-refractivity contribution in [1.82, 2.24) is 4.57 Å². The largest absolute Gasteiger partial charge is 0.494 e. The van der Waals surface area contributed by atoms with Crippen molar-refractivity contribution < 1.29 is 9.84 Å². The summed E-state index contributed by atoms with van der Waals surface area (Å²) in [6, 6.07) is 8.55. The summed E-state index contributed by atoms with van der Waals surface area (Å²) >= 11 is 0. The molecule has 2 aromatic rings. The SMILES string of the molecule is CCOc1ccc(N=Nc2c(C)c(C#N)c(O)n(C(C)C)c2=O)cc1. The molecule has 0 aliphatic rings. The van der Waals surface area contributed by atoms with Gasteiger partial charge in [0, 0.05) is 11.6 Å². The number of rotatable bonds is 5. The highest BCUT2D eigenvalue weighted by atomic mass is 16.5. The van der Waals surface area contributed by atoms with E-state index in [0.29, 0.717) is 17.9 Å². The summed E-state index contributed by atoms with van der Waals surface area (Å²) in [5.74, 6) is 0.371. The molecular weight excluding hydrogens is 320 g/mol. The predicted molar refractivity (Wildman–Crippen MR) is 94.0 cm³/mol. The number of hydrogen-bond donors (Lipinski definition) is 1. The molecule has 1 aromatic carbocycles. The van der Waals surface area contributed by atoms with E-state index in [9.17, 15) is 15.2 Å². The van der Waals surface area contributed by atoms with Crippen molar-refractivity contribution in [3.8, 4) is 17.7 Å². The lowest BCUT2D eigenvalue weighted by atomic mass is 10.1. The number of aromatic nitrogens is 1. The fraction of sp³-hybridized carbons (Fsp3) is 0.333. The van der Waals surface area contributed by atoms with Crippen molar-refractivity contribution in [2.24, 2.45) is 10.2 Å². The van der Waals surface area contributed by atoms with Gasteiger partial charge in [-0.2, -0.15) is 10.4 Å². The van der Waals surface area contributed by atoms with Gasteiger partial charge in [0.2, 0.25) is 5.88 Å². The first-order valence-corrected chi connectivity index (χ1v) is 7.93. The zero-order valence-corrected chi connectivity index (χ0v) is 14.6. The number of ether oxygens (including phenoxy) is 1. The molecule has 25 heavy (non-hydrogen) atoms. The normalized spacial score (nSPS) is 11.0. The maximum Gasteiger partial charge on any atom is 0.281 e. The lowest BCUT2D eigenvalue weighted by Crippen LogP contribution is -2.23. The Hall–Kier alpha value is -3.14. The highest BCUT2D eigenvalue weighted by molar-refractivity contribution is 5.57. The van der Waals surface area contributed by atoms with Crippen LogP contribution in [0.2, 0.25) is 0 Å². The number of benzene rings is 1. The molecule has 7 heteroatoms. The Labute approximate surface area is 145 Å². The van der Waals surface area contributed by atoms with Gasteiger partial charge in [-0.05, 0) is 52.0 Å². The summed E-state index contributed by atoms with van der Waals surface area (Å²) in [5, 5.41) is 27.5. The van der Waals surface area contributed by atoms with Crippen molar-refractivity contribution in [2.45, 2.75) is 33.7 Å². The Kier molecular flexibility index (Phi) is 5.55. The third-order valence-electron chi connectivity index (χ3n) is 3.64. The molecule has 7 nitrogen and oxygen atoms in total. The summed E-state index contributed by atoms with van der Waals surface area (Å²) in [4.78, 5) is 12.6. The Morgan fingerprint density at radius 3 is 2.44 bits per heavy atom. The molecule has 1 N–H and O–H groups in total. The van der Waals surface area contributed by atoms with Gasteiger partial charge >= 0.3 is 0 Å². The Balaban J connectivity index is 2.50. The van der Waals surface area contributed by atoms with Gasteiger partial charge in [-0.1, -0.05) is 0 Å². The van der Waals surface area contributed by atoms with Gasteiger partial charge in [0.25, 0.3) is 5.56 Å². The van der Waals surface area contributed by atoms with Gasteiger partial charge < -0.3 is 9.84 Å². The van der Waals surface area contributed by atoms with E-state index >= 15 is 0 Å². The smallest absolute Gasteiger partial charge is 0.281 e. The van der Waals surface area contributed by atoms with Crippen LogP contribution in [0, 0.1) is 18.3 Å². The van der Waals surface area contributed by atoms with E-state index in [4.69, 9.17) is 4.74 Å². The van der Waals surface area contributed by atoms with Gasteiger partial charge in [0.15, 0.2) is 5.69 Å². The quantitative estimate of drug-likeness (QED) is 0.827. The van der Waals surface area contributed by atoms with E-state index in [2.05, 4.69) is 10.2 Å². The molecule has 1 heterocycles. The van der Waals surface area contributed by atoms with Gasteiger partial charge in [-0.15, -0.1) is 5.11 Å². The molecule has 0 radical (unpaired) electrons. The summed E-state index contributed by atoms with van der Waals surface area (Å²) in [6.45, 7) is 7.51. The zero-order chi connectivity index (χ0) is 18.6. The molecule has 0 unspecified atom stereocenters. The lowest BCUT2D eigenvalue weighted by Gasteiger charge is -2.15. The Morgan fingerprint density at radius 1 is 1.28 bits per heavy atom. The van der Waals surface area contributed by atoms with Gasteiger partial charge in [-0.3, -0.25) is 9.36 Å². The third-order valence-corrected chi connectivity index (χ3v) is 3.64. The first kappa shape index (κ1) is 18.2. The predicted octanol–water partition coefficient (Wildman–Crippen LogP) is 4.13. The topological polar surface area (TPSA) is 100.0 Å². The van der Waals surface area contributed by atoms with E-state index in [-0.39, 0.29) is 23.2 Å². The van der Waals surface area contributed by atoms with E-state index in [1.807, 2.05) is 13.0 Å². The van der Waals surface area contributed by atoms with Crippen molar-refractivity contribution in [3.63, 3.8) is 0 Å². The number of nitriles is 1. The molecule has 0 fully saturated rings. The maximum absolute atomic E-state index is 12.6. The average Bonchev–Trinajstić information content (AvgIpc) is 2.56. The fourth-order valence-corrected chi connectivity index (χ4v) is 2.39. The third kappa shape index (κ3) is 3.69. The van der Waals surface area contributed by atoms with Crippen LogP contribution in [0.4, 0.5) is 11.4 Å². The Morgan fingerprint density at radius 2 is 1.92 bits per heavy atom. The average molecular weight is 340 g/mol. The number of azo groups is 1.